The molecule has 0 aromatic rings. The zero-order valence-corrected chi connectivity index (χ0v) is 12.9. The fraction of sp³-hybridized carbons (Fsp3) is 0.833. The van der Waals surface area contributed by atoms with Crippen molar-refractivity contribution in [2.24, 2.45) is 10.7 Å². The van der Waals surface area contributed by atoms with Gasteiger partial charge in [0.25, 0.3) is 6.79 Å². The topological polar surface area (TPSA) is 114 Å². The highest BCUT2D eigenvalue weighted by molar-refractivity contribution is 5.75. The standard InChI is InChI=1S/C12H23N3O6/c1-12(2,3)11(18)20-9-21-13-15(19)14(4)8-6-5-7-10(16)17/h5-9H2,1-4H3,(H,16,17). The van der Waals surface area contributed by atoms with E-state index in [2.05, 4.69) is 10.1 Å². The van der Waals surface area contributed by atoms with E-state index >= 15 is 0 Å². The second kappa shape index (κ2) is 8.98. The van der Waals surface area contributed by atoms with Crippen molar-refractivity contribution in [2.75, 3.05) is 20.4 Å². The van der Waals surface area contributed by atoms with Gasteiger partial charge in [0.1, 0.15) is 0 Å². The number of unbranched alkanes of at least 4 members (excludes halogenated alkanes) is 1. The number of hydrogen-bond acceptors (Lipinski definition) is 6. The molecule has 0 radical (unpaired) electrons. The summed E-state index contributed by atoms with van der Waals surface area (Å²) in [5.41, 5.74) is -0.651. The molecule has 0 aliphatic carbocycles. The summed E-state index contributed by atoms with van der Waals surface area (Å²) in [6.45, 7) is 4.97. The maximum atomic E-state index is 11.4. The molecule has 0 rings (SSSR count). The number of aliphatic carboxylic acids is 1. The number of ether oxygens (including phenoxy) is 1. The van der Waals surface area contributed by atoms with E-state index in [4.69, 9.17) is 9.84 Å². The van der Waals surface area contributed by atoms with Gasteiger partial charge in [-0.15, -0.1) is 5.01 Å². The number of nitrogens with zero attached hydrogens (tertiary/aromatic N) is 3. The van der Waals surface area contributed by atoms with Crippen molar-refractivity contribution < 1.29 is 29.2 Å². The highest BCUT2D eigenvalue weighted by Crippen LogP contribution is 2.14. The zero-order valence-electron chi connectivity index (χ0n) is 12.9. The van der Waals surface area contributed by atoms with Gasteiger partial charge < -0.3 is 19.9 Å². The first-order chi connectivity index (χ1) is 9.64. The molecule has 0 saturated heterocycles. The molecule has 0 aliphatic rings. The molecule has 9 nitrogen and oxygen atoms in total. The average molecular weight is 305 g/mol. The Kier molecular flexibility index (Phi) is 8.10. The number of carboxylic acids is 1. The van der Waals surface area contributed by atoms with Gasteiger partial charge in [-0.25, -0.2) is 0 Å². The van der Waals surface area contributed by atoms with Crippen LogP contribution in [0.2, 0.25) is 0 Å². The summed E-state index contributed by atoms with van der Waals surface area (Å²) in [4.78, 5) is 26.5. The van der Waals surface area contributed by atoms with Crippen LogP contribution in [0.3, 0.4) is 0 Å². The van der Waals surface area contributed by atoms with E-state index < -0.39 is 24.1 Å². The highest BCUT2D eigenvalue weighted by atomic mass is 16.8. The molecule has 0 aliphatic heterocycles. The smallest absolute Gasteiger partial charge is 0.314 e. The summed E-state index contributed by atoms with van der Waals surface area (Å²) in [6.07, 6.45) is 1.07. The Morgan fingerprint density at radius 3 is 2.48 bits per heavy atom. The van der Waals surface area contributed by atoms with Gasteiger partial charge in [-0.2, -0.15) is 0 Å². The van der Waals surface area contributed by atoms with Gasteiger partial charge >= 0.3 is 11.9 Å². The van der Waals surface area contributed by atoms with Crippen LogP contribution in [0.4, 0.5) is 0 Å². The fourth-order valence-electron chi connectivity index (χ4n) is 1.13. The Bertz CT molecular complexity index is 378. The molecule has 0 spiro atoms. The normalized spacial score (nSPS) is 11.9. The second-order valence-corrected chi connectivity index (χ2v) is 5.50. The second-order valence-electron chi connectivity index (χ2n) is 5.50. The maximum Gasteiger partial charge on any atom is 0.314 e. The van der Waals surface area contributed by atoms with Crippen LogP contribution >= 0.6 is 0 Å². The number of hydrogen-bond donors (Lipinski definition) is 1. The molecule has 9 heteroatoms. The minimum Gasteiger partial charge on any atom is -0.569 e. The highest BCUT2D eigenvalue weighted by Gasteiger charge is 2.23. The summed E-state index contributed by atoms with van der Waals surface area (Å²) < 4.78 is 4.76. The molecule has 0 bridgehead atoms. The van der Waals surface area contributed by atoms with E-state index in [0.29, 0.717) is 19.4 Å². The summed E-state index contributed by atoms with van der Waals surface area (Å²) in [5, 5.41) is 24.3. The van der Waals surface area contributed by atoms with Gasteiger partial charge in [-0.05, 0) is 33.6 Å². The number of hydrazine groups is 1. The molecular weight excluding hydrogens is 282 g/mol. The van der Waals surface area contributed by atoms with Crippen LogP contribution in [0.5, 0.6) is 0 Å². The molecule has 0 atom stereocenters. The van der Waals surface area contributed by atoms with E-state index in [1.807, 2.05) is 0 Å². The Hall–Kier alpha value is -2.06. The summed E-state index contributed by atoms with van der Waals surface area (Å²) in [5.74, 6) is -1.33. The number of carboxylic acid groups (broad SMARTS) is 1. The van der Waals surface area contributed by atoms with Crippen LogP contribution in [0.15, 0.2) is 5.28 Å². The first kappa shape index (κ1) is 18.9. The number of rotatable bonds is 9. The van der Waals surface area contributed by atoms with Gasteiger partial charge in [-0.1, -0.05) is 0 Å². The predicted octanol–water partition coefficient (Wildman–Crippen LogP) is 1.53. The van der Waals surface area contributed by atoms with Crippen LogP contribution in [0, 0.1) is 10.6 Å². The summed E-state index contributed by atoms with van der Waals surface area (Å²) >= 11 is 0. The number of carbonyl (C=O) groups is 2. The van der Waals surface area contributed by atoms with Crippen LogP contribution < -0.4 is 0 Å². The van der Waals surface area contributed by atoms with Crippen LogP contribution in [0.25, 0.3) is 0 Å². The predicted molar refractivity (Wildman–Crippen MR) is 71.7 cm³/mol. The summed E-state index contributed by atoms with van der Waals surface area (Å²) in [7, 11) is 1.49. The van der Waals surface area contributed by atoms with Crippen molar-refractivity contribution >= 4 is 11.9 Å². The monoisotopic (exact) mass is 305 g/mol. The van der Waals surface area contributed by atoms with Crippen molar-refractivity contribution in [1.82, 2.24) is 5.01 Å². The maximum absolute atomic E-state index is 11.4. The minimum absolute atomic E-state index is 0.0586. The Labute approximate surface area is 123 Å². The molecule has 1 N–H and O–H groups in total. The third kappa shape index (κ3) is 9.47. The molecule has 21 heavy (non-hydrogen) atoms. The van der Waals surface area contributed by atoms with Gasteiger partial charge in [0.2, 0.25) is 5.28 Å². The fourth-order valence-corrected chi connectivity index (χ4v) is 1.13. The first-order valence-electron chi connectivity index (χ1n) is 6.55. The largest absolute Gasteiger partial charge is 0.569 e. The first-order valence-corrected chi connectivity index (χ1v) is 6.55. The zero-order chi connectivity index (χ0) is 16.5. The van der Waals surface area contributed by atoms with Gasteiger partial charge in [0, 0.05) is 6.42 Å². The Balaban J connectivity index is 3.91. The Morgan fingerprint density at radius 1 is 1.33 bits per heavy atom. The molecule has 0 aromatic carbocycles. The molecule has 122 valence electrons. The van der Waals surface area contributed by atoms with Gasteiger partial charge in [0.15, 0.2) is 0 Å². The molecule has 0 aromatic heterocycles. The van der Waals surface area contributed by atoms with Crippen molar-refractivity contribution in [3.63, 3.8) is 0 Å². The molecule has 0 fully saturated rings. The SMILES string of the molecule is CN(CCCCC(=O)O)[N+]([O-])=NOCOC(=O)C(C)(C)C. The molecule has 0 saturated carbocycles. The van der Waals surface area contributed by atoms with Crippen molar-refractivity contribution in [2.45, 2.75) is 40.0 Å². The lowest BCUT2D eigenvalue weighted by molar-refractivity contribution is -0.706. The molecule has 0 amide bonds. The van der Waals surface area contributed by atoms with E-state index in [9.17, 15) is 14.8 Å². The van der Waals surface area contributed by atoms with Crippen molar-refractivity contribution in [3.8, 4) is 0 Å². The lowest BCUT2D eigenvalue weighted by Gasteiger charge is -2.15. The summed E-state index contributed by atoms with van der Waals surface area (Å²) in [6, 6.07) is 0. The average Bonchev–Trinajstić information content (AvgIpc) is 2.37. The quantitative estimate of drug-likeness (QED) is 0.171. The third-order valence-corrected chi connectivity index (χ3v) is 2.40. The van der Waals surface area contributed by atoms with E-state index in [1.165, 1.54) is 12.1 Å². The van der Waals surface area contributed by atoms with E-state index in [-0.39, 0.29) is 11.4 Å². The minimum atomic E-state index is -0.870. The van der Waals surface area contributed by atoms with Gasteiger partial charge in [-0.3, -0.25) is 9.59 Å². The molecular formula is C12H23N3O6. The van der Waals surface area contributed by atoms with E-state index in [0.717, 1.165) is 0 Å². The molecule has 0 heterocycles. The lowest BCUT2D eigenvalue weighted by atomic mass is 9.98. The third-order valence-electron chi connectivity index (χ3n) is 2.40. The van der Waals surface area contributed by atoms with E-state index in [1.54, 1.807) is 20.8 Å². The number of carbonyl (C=O) groups excluding carboxylic acids is 1. The van der Waals surface area contributed by atoms with Crippen molar-refractivity contribution in [3.05, 3.63) is 5.21 Å². The molecule has 0 unspecified atom stereocenters. The van der Waals surface area contributed by atoms with Crippen LogP contribution in [-0.4, -0.2) is 47.4 Å². The Morgan fingerprint density at radius 2 is 1.95 bits per heavy atom. The van der Waals surface area contributed by atoms with Crippen LogP contribution in [-0.2, 0) is 19.2 Å². The van der Waals surface area contributed by atoms with Crippen molar-refractivity contribution in [1.29, 1.82) is 0 Å². The number of esters is 1. The van der Waals surface area contributed by atoms with Crippen LogP contribution in [0.1, 0.15) is 40.0 Å². The lowest BCUT2D eigenvalue weighted by Crippen LogP contribution is -2.28. The van der Waals surface area contributed by atoms with Gasteiger partial charge in [0.05, 0.1) is 24.0 Å².